The highest BCUT2D eigenvalue weighted by Gasteiger charge is 2.08. The van der Waals surface area contributed by atoms with Crippen LogP contribution in [-0.2, 0) is 4.79 Å². The number of amides is 2. The quantitative estimate of drug-likeness (QED) is 0.618. The maximum absolute atomic E-state index is 12.0. The second-order valence-electron chi connectivity index (χ2n) is 5.44. The van der Waals surface area contributed by atoms with E-state index in [2.05, 4.69) is 15.8 Å². The van der Waals surface area contributed by atoms with Crippen LogP contribution in [0.2, 0.25) is 10.0 Å². The van der Waals surface area contributed by atoms with Crippen LogP contribution in [0, 0.1) is 13.8 Å². The van der Waals surface area contributed by atoms with Gasteiger partial charge in [-0.3, -0.25) is 9.59 Å². The first-order chi connectivity index (χ1) is 11.9. The first kappa shape index (κ1) is 19.0. The van der Waals surface area contributed by atoms with E-state index >= 15 is 0 Å². The van der Waals surface area contributed by atoms with Crippen molar-refractivity contribution in [2.24, 2.45) is 5.10 Å². The molecule has 0 aliphatic rings. The molecular formula is C18H17Cl2N3O2. The highest BCUT2D eigenvalue weighted by Crippen LogP contribution is 2.19. The summed E-state index contributed by atoms with van der Waals surface area (Å²) in [6, 6.07) is 10.3. The summed E-state index contributed by atoms with van der Waals surface area (Å²) in [5.41, 5.74) is 5.56. The zero-order valence-electron chi connectivity index (χ0n) is 13.8. The lowest BCUT2D eigenvalue weighted by atomic mass is 10.1. The van der Waals surface area contributed by atoms with E-state index in [4.69, 9.17) is 23.2 Å². The molecule has 0 unspecified atom stereocenters. The Bertz CT molecular complexity index is 835. The lowest BCUT2D eigenvalue weighted by molar-refractivity contribution is -0.120. The number of aryl methyl sites for hydroxylation is 2. The Labute approximate surface area is 156 Å². The number of nitrogens with one attached hydrogen (secondary N) is 2. The monoisotopic (exact) mass is 377 g/mol. The molecule has 0 saturated heterocycles. The molecule has 0 saturated carbocycles. The number of rotatable bonds is 5. The topological polar surface area (TPSA) is 70.6 Å². The van der Waals surface area contributed by atoms with Gasteiger partial charge in [-0.25, -0.2) is 5.43 Å². The van der Waals surface area contributed by atoms with E-state index in [1.807, 2.05) is 19.9 Å². The number of carbonyl (C=O) groups is 2. The molecule has 2 rings (SSSR count). The van der Waals surface area contributed by atoms with Gasteiger partial charge in [-0.05, 0) is 49.2 Å². The van der Waals surface area contributed by atoms with Crippen molar-refractivity contribution in [1.82, 2.24) is 10.7 Å². The molecule has 2 aromatic rings. The standard InChI is InChI=1S/C18H17Cl2N3O2/c1-11-3-4-13(7-12(11)2)18(25)21-10-17(24)23-22-9-14-5-6-15(19)8-16(14)20/h3-9H,10H2,1-2H3,(H,21,25)(H,23,24)/b22-9+. The molecule has 2 aromatic carbocycles. The third kappa shape index (κ3) is 5.59. The van der Waals surface area contributed by atoms with Crippen molar-refractivity contribution in [3.05, 3.63) is 68.7 Å². The lowest BCUT2D eigenvalue weighted by Gasteiger charge is -2.06. The van der Waals surface area contributed by atoms with Crippen molar-refractivity contribution >= 4 is 41.2 Å². The molecule has 0 spiro atoms. The molecule has 2 N–H and O–H groups in total. The third-order valence-corrected chi connectivity index (χ3v) is 4.10. The van der Waals surface area contributed by atoms with E-state index in [0.29, 0.717) is 21.2 Å². The maximum atomic E-state index is 12.0. The van der Waals surface area contributed by atoms with Crippen molar-refractivity contribution in [2.45, 2.75) is 13.8 Å². The number of carbonyl (C=O) groups excluding carboxylic acids is 2. The molecular weight excluding hydrogens is 361 g/mol. The SMILES string of the molecule is Cc1ccc(C(=O)NCC(=O)N/N=C/c2ccc(Cl)cc2Cl)cc1C. The summed E-state index contributed by atoms with van der Waals surface area (Å²) in [6.45, 7) is 3.71. The number of nitrogens with zero attached hydrogens (tertiary/aromatic N) is 1. The van der Waals surface area contributed by atoms with Gasteiger partial charge < -0.3 is 5.32 Å². The van der Waals surface area contributed by atoms with E-state index in [1.165, 1.54) is 6.21 Å². The number of hydrogen-bond acceptors (Lipinski definition) is 3. The van der Waals surface area contributed by atoms with Gasteiger partial charge in [0.15, 0.2) is 0 Å². The van der Waals surface area contributed by atoms with Crippen LogP contribution in [-0.4, -0.2) is 24.6 Å². The summed E-state index contributed by atoms with van der Waals surface area (Å²) >= 11 is 11.8. The average molecular weight is 378 g/mol. The second-order valence-corrected chi connectivity index (χ2v) is 6.28. The Morgan fingerprint density at radius 1 is 1.08 bits per heavy atom. The first-order valence-corrected chi connectivity index (χ1v) is 8.25. The highest BCUT2D eigenvalue weighted by atomic mass is 35.5. The molecule has 0 atom stereocenters. The van der Waals surface area contributed by atoms with E-state index in [0.717, 1.165) is 11.1 Å². The minimum Gasteiger partial charge on any atom is -0.343 e. The van der Waals surface area contributed by atoms with Gasteiger partial charge in [0, 0.05) is 16.1 Å². The largest absolute Gasteiger partial charge is 0.343 e. The van der Waals surface area contributed by atoms with E-state index < -0.39 is 5.91 Å². The molecule has 0 bridgehead atoms. The normalized spacial score (nSPS) is 10.7. The minimum absolute atomic E-state index is 0.183. The molecule has 0 radical (unpaired) electrons. The molecule has 5 nitrogen and oxygen atoms in total. The highest BCUT2D eigenvalue weighted by molar-refractivity contribution is 6.36. The van der Waals surface area contributed by atoms with Crippen molar-refractivity contribution in [3.63, 3.8) is 0 Å². The summed E-state index contributed by atoms with van der Waals surface area (Å²) < 4.78 is 0. The molecule has 0 aromatic heterocycles. The van der Waals surface area contributed by atoms with Crippen LogP contribution in [0.1, 0.15) is 27.0 Å². The van der Waals surface area contributed by atoms with E-state index in [9.17, 15) is 9.59 Å². The van der Waals surface area contributed by atoms with Crippen molar-refractivity contribution in [1.29, 1.82) is 0 Å². The zero-order chi connectivity index (χ0) is 18.4. The second kappa shape index (κ2) is 8.65. The Hall–Kier alpha value is -2.37. The summed E-state index contributed by atoms with van der Waals surface area (Å²) in [5, 5.41) is 7.29. The van der Waals surface area contributed by atoms with Gasteiger partial charge in [-0.15, -0.1) is 0 Å². The van der Waals surface area contributed by atoms with Crippen LogP contribution in [0.4, 0.5) is 0 Å². The molecule has 130 valence electrons. The molecule has 25 heavy (non-hydrogen) atoms. The Morgan fingerprint density at radius 3 is 2.52 bits per heavy atom. The summed E-state index contributed by atoms with van der Waals surface area (Å²) in [4.78, 5) is 23.8. The predicted molar refractivity (Wildman–Crippen MR) is 100 cm³/mol. The van der Waals surface area contributed by atoms with Gasteiger partial charge in [0.2, 0.25) is 0 Å². The van der Waals surface area contributed by atoms with Gasteiger partial charge in [0.05, 0.1) is 17.8 Å². The van der Waals surface area contributed by atoms with Crippen molar-refractivity contribution in [2.75, 3.05) is 6.54 Å². The molecule has 0 heterocycles. The number of benzene rings is 2. The third-order valence-electron chi connectivity index (χ3n) is 3.53. The zero-order valence-corrected chi connectivity index (χ0v) is 15.3. The van der Waals surface area contributed by atoms with Gasteiger partial charge in [-0.1, -0.05) is 35.3 Å². The van der Waals surface area contributed by atoms with E-state index in [1.54, 1.807) is 30.3 Å². The van der Waals surface area contributed by atoms with Crippen LogP contribution in [0.15, 0.2) is 41.5 Å². The molecule has 0 aliphatic carbocycles. The van der Waals surface area contributed by atoms with Crippen LogP contribution in [0.25, 0.3) is 0 Å². The van der Waals surface area contributed by atoms with Gasteiger partial charge >= 0.3 is 0 Å². The van der Waals surface area contributed by atoms with E-state index in [-0.39, 0.29) is 12.5 Å². The van der Waals surface area contributed by atoms with Crippen LogP contribution >= 0.6 is 23.2 Å². The Balaban J connectivity index is 1.84. The Morgan fingerprint density at radius 2 is 1.84 bits per heavy atom. The predicted octanol–water partition coefficient (Wildman–Crippen LogP) is 3.49. The van der Waals surface area contributed by atoms with Gasteiger partial charge in [-0.2, -0.15) is 5.10 Å². The van der Waals surface area contributed by atoms with Crippen molar-refractivity contribution < 1.29 is 9.59 Å². The van der Waals surface area contributed by atoms with Crippen molar-refractivity contribution in [3.8, 4) is 0 Å². The summed E-state index contributed by atoms with van der Waals surface area (Å²) in [6.07, 6.45) is 1.40. The van der Waals surface area contributed by atoms with Crippen LogP contribution in [0.5, 0.6) is 0 Å². The lowest BCUT2D eigenvalue weighted by Crippen LogP contribution is -2.34. The summed E-state index contributed by atoms with van der Waals surface area (Å²) in [7, 11) is 0. The average Bonchev–Trinajstić information content (AvgIpc) is 2.57. The fraction of sp³-hybridized carbons (Fsp3) is 0.167. The molecule has 0 fully saturated rings. The smallest absolute Gasteiger partial charge is 0.259 e. The van der Waals surface area contributed by atoms with Gasteiger partial charge in [0.1, 0.15) is 0 Å². The molecule has 7 heteroatoms. The maximum Gasteiger partial charge on any atom is 0.259 e. The first-order valence-electron chi connectivity index (χ1n) is 7.49. The molecule has 2 amide bonds. The summed E-state index contributed by atoms with van der Waals surface area (Å²) in [5.74, 6) is -0.763. The Kier molecular flexibility index (Phi) is 6.56. The van der Waals surface area contributed by atoms with Gasteiger partial charge in [0.25, 0.3) is 11.8 Å². The minimum atomic E-state index is -0.446. The number of halogens is 2. The number of hydrogen-bond donors (Lipinski definition) is 2. The van der Waals surface area contributed by atoms with Crippen LogP contribution < -0.4 is 10.7 Å². The fourth-order valence-electron chi connectivity index (χ4n) is 1.96. The fourth-order valence-corrected chi connectivity index (χ4v) is 2.42. The molecule has 0 aliphatic heterocycles. The van der Waals surface area contributed by atoms with Crippen LogP contribution in [0.3, 0.4) is 0 Å². The number of hydrazone groups is 1.